The van der Waals surface area contributed by atoms with Crippen LogP contribution in [0.1, 0.15) is 90.5 Å². The topological polar surface area (TPSA) is 143 Å². The van der Waals surface area contributed by atoms with Gasteiger partial charge >= 0.3 is 0 Å². The second-order valence-corrected chi connectivity index (χ2v) is 13.7. The van der Waals surface area contributed by atoms with Gasteiger partial charge in [-0.25, -0.2) is 0 Å². The lowest BCUT2D eigenvalue weighted by molar-refractivity contribution is -0.144. The van der Waals surface area contributed by atoms with Crippen molar-refractivity contribution in [3.63, 3.8) is 0 Å². The van der Waals surface area contributed by atoms with Crippen LogP contribution in [-0.2, 0) is 35.1 Å². The number of hydrogen-bond donors (Lipinski definition) is 3. The van der Waals surface area contributed by atoms with Crippen LogP contribution in [-0.4, -0.2) is 83.8 Å². The molecule has 4 rings (SSSR count). The number of fused-ring (bicyclic) bond motifs is 4. The van der Waals surface area contributed by atoms with Crippen molar-refractivity contribution >= 4 is 29.4 Å². The Morgan fingerprint density at radius 1 is 1.15 bits per heavy atom. The van der Waals surface area contributed by atoms with Crippen molar-refractivity contribution < 1.29 is 33.4 Å². The molecule has 1 saturated heterocycles. The van der Waals surface area contributed by atoms with Crippen LogP contribution in [0.3, 0.4) is 0 Å². The number of carbonyl (C=O) groups is 5. The number of benzene rings is 1. The molecule has 4 bridgehead atoms. The quantitative estimate of drug-likeness (QED) is 0.274. The highest BCUT2D eigenvalue weighted by molar-refractivity contribution is 6.38. The fourth-order valence-electron chi connectivity index (χ4n) is 6.99. The molecule has 2 aliphatic heterocycles. The third-order valence-corrected chi connectivity index (χ3v) is 9.33. The summed E-state index contributed by atoms with van der Waals surface area (Å²) in [5, 5.41) is 8.33. The van der Waals surface area contributed by atoms with Crippen molar-refractivity contribution in [2.24, 2.45) is 5.92 Å². The van der Waals surface area contributed by atoms with E-state index in [2.05, 4.69) is 22.5 Å². The molecule has 4 amide bonds. The minimum absolute atomic E-state index is 0.0694. The molecule has 2 fully saturated rings. The molecule has 11 heteroatoms. The summed E-state index contributed by atoms with van der Waals surface area (Å²) in [6.07, 6.45) is 8.15. The van der Waals surface area contributed by atoms with Crippen LogP contribution in [0.4, 0.5) is 0 Å². The van der Waals surface area contributed by atoms with Crippen molar-refractivity contribution in [1.29, 1.82) is 0 Å². The van der Waals surface area contributed by atoms with E-state index in [4.69, 9.17) is 9.47 Å². The third kappa shape index (κ3) is 10.1. The Kier molecular flexibility index (Phi) is 13.0. The van der Waals surface area contributed by atoms with Crippen LogP contribution in [0.25, 0.3) is 0 Å². The van der Waals surface area contributed by atoms with E-state index in [0.717, 1.165) is 44.1 Å². The van der Waals surface area contributed by atoms with Gasteiger partial charge in [-0.1, -0.05) is 50.8 Å². The maximum Gasteiger partial charge on any atom is 0.289 e. The van der Waals surface area contributed by atoms with Gasteiger partial charge in [0.25, 0.3) is 5.91 Å². The van der Waals surface area contributed by atoms with Gasteiger partial charge in [0.2, 0.25) is 23.5 Å². The number of ketones is 1. The molecule has 0 radical (unpaired) electrons. The summed E-state index contributed by atoms with van der Waals surface area (Å²) >= 11 is 0. The monoisotopic (exact) mass is 652 g/mol. The zero-order chi connectivity index (χ0) is 34.0. The second-order valence-electron chi connectivity index (χ2n) is 13.7. The number of carbonyl (C=O) groups excluding carboxylic acids is 5. The molecule has 1 aromatic carbocycles. The highest BCUT2D eigenvalue weighted by atomic mass is 16.5. The fourth-order valence-corrected chi connectivity index (χ4v) is 6.99. The molecular formula is C36H52N4O7. The van der Waals surface area contributed by atoms with E-state index in [1.165, 1.54) is 11.0 Å². The van der Waals surface area contributed by atoms with Crippen molar-refractivity contribution in [1.82, 2.24) is 20.9 Å². The molecule has 3 N–H and O–H groups in total. The van der Waals surface area contributed by atoms with Gasteiger partial charge < -0.3 is 30.3 Å². The summed E-state index contributed by atoms with van der Waals surface area (Å²) in [6.45, 7) is 10.2. The molecule has 11 nitrogen and oxygen atoms in total. The molecule has 47 heavy (non-hydrogen) atoms. The lowest BCUT2D eigenvalue weighted by atomic mass is 9.83. The predicted molar refractivity (Wildman–Crippen MR) is 178 cm³/mol. The van der Waals surface area contributed by atoms with Gasteiger partial charge in [0.15, 0.2) is 0 Å². The number of hydrogen-bond acceptors (Lipinski definition) is 7. The largest absolute Gasteiger partial charge is 0.494 e. The zero-order valence-electron chi connectivity index (χ0n) is 28.2. The summed E-state index contributed by atoms with van der Waals surface area (Å²) < 4.78 is 12.5. The van der Waals surface area contributed by atoms with Crippen LogP contribution >= 0.6 is 0 Å². The van der Waals surface area contributed by atoms with Crippen LogP contribution in [0, 0.1) is 5.92 Å². The van der Waals surface area contributed by atoms with E-state index in [0.29, 0.717) is 25.2 Å². The minimum Gasteiger partial charge on any atom is -0.494 e. The molecule has 258 valence electrons. The van der Waals surface area contributed by atoms with Crippen LogP contribution in [0.5, 0.6) is 5.75 Å². The SMILES string of the molecule is C=CCNC(=O)C(=O)[C@H](CCC)NC(=O)C1C[C@@H]2CN1C(=O)[C@H](C1CCCCC1)NC(=O)Cc1cccc(c1)OCCCC(C)(C)O2. The Balaban J connectivity index is 1.64. The van der Waals surface area contributed by atoms with E-state index in [1.807, 2.05) is 45.0 Å². The summed E-state index contributed by atoms with van der Waals surface area (Å²) in [4.78, 5) is 69.0. The molecule has 1 unspecified atom stereocenters. The van der Waals surface area contributed by atoms with Crippen LogP contribution < -0.4 is 20.7 Å². The average molecular weight is 653 g/mol. The van der Waals surface area contributed by atoms with Crippen molar-refractivity contribution in [2.75, 3.05) is 19.7 Å². The number of nitrogens with zero attached hydrogens (tertiary/aromatic N) is 1. The van der Waals surface area contributed by atoms with Gasteiger partial charge in [0.1, 0.15) is 17.8 Å². The first-order valence-electron chi connectivity index (χ1n) is 17.2. The Hall–Kier alpha value is -3.73. The predicted octanol–water partition coefficient (Wildman–Crippen LogP) is 3.39. The van der Waals surface area contributed by atoms with Gasteiger partial charge in [0.05, 0.1) is 30.8 Å². The van der Waals surface area contributed by atoms with Gasteiger partial charge in [-0.05, 0) is 69.6 Å². The standard InChI is InChI=1S/C36H52N4O7/c1-5-12-28(32(42)34(44)37-18-6-2)38-33(43)29-22-27-23-40(29)35(45)31(25-14-8-7-9-15-25)39-30(41)21-24-13-10-16-26(20-24)46-19-11-17-36(3,4)47-27/h6,10,13,16,20,25,27-29,31H,2,5,7-9,11-12,14-15,17-19,21-23H2,1,3-4H3,(H,37,44)(H,38,43)(H,39,41)/t27-,28+,29?,31+/m1/s1. The Labute approximate surface area is 278 Å². The number of amides is 4. The molecule has 3 aliphatic rings. The Morgan fingerprint density at radius 3 is 2.64 bits per heavy atom. The zero-order valence-corrected chi connectivity index (χ0v) is 28.2. The molecule has 0 aromatic heterocycles. The maximum atomic E-state index is 14.5. The highest BCUT2D eigenvalue weighted by Crippen LogP contribution is 2.32. The Morgan fingerprint density at radius 2 is 1.91 bits per heavy atom. The maximum absolute atomic E-state index is 14.5. The first kappa shape index (κ1) is 36.1. The van der Waals surface area contributed by atoms with Crippen molar-refractivity contribution in [3.8, 4) is 5.75 Å². The molecule has 4 atom stereocenters. The van der Waals surface area contributed by atoms with E-state index >= 15 is 0 Å². The Bertz CT molecular complexity index is 1290. The van der Waals surface area contributed by atoms with Gasteiger partial charge in [0, 0.05) is 19.5 Å². The first-order chi connectivity index (χ1) is 22.5. The molecule has 2 heterocycles. The van der Waals surface area contributed by atoms with E-state index < -0.39 is 47.4 Å². The van der Waals surface area contributed by atoms with E-state index in [1.54, 1.807) is 0 Å². The van der Waals surface area contributed by atoms with Crippen LogP contribution in [0.2, 0.25) is 0 Å². The van der Waals surface area contributed by atoms with Crippen molar-refractivity contribution in [2.45, 2.75) is 121 Å². The summed E-state index contributed by atoms with van der Waals surface area (Å²) in [5.74, 6) is -2.03. The number of rotatable bonds is 9. The average Bonchev–Trinajstić information content (AvgIpc) is 3.47. The lowest BCUT2D eigenvalue weighted by Crippen LogP contribution is -2.58. The third-order valence-electron chi connectivity index (χ3n) is 9.33. The van der Waals surface area contributed by atoms with E-state index in [-0.39, 0.29) is 50.1 Å². The van der Waals surface area contributed by atoms with Gasteiger partial charge in [-0.15, -0.1) is 6.58 Å². The highest BCUT2D eigenvalue weighted by Gasteiger charge is 2.46. The summed E-state index contributed by atoms with van der Waals surface area (Å²) in [7, 11) is 0. The number of ether oxygens (including phenoxy) is 2. The van der Waals surface area contributed by atoms with Gasteiger partial charge in [-0.3, -0.25) is 24.0 Å². The minimum atomic E-state index is -1.04. The summed E-state index contributed by atoms with van der Waals surface area (Å²) in [5.41, 5.74) is 0.218. The summed E-state index contributed by atoms with van der Waals surface area (Å²) in [6, 6.07) is 4.67. The molecule has 1 aromatic rings. The van der Waals surface area contributed by atoms with E-state index in [9.17, 15) is 24.0 Å². The molecule has 0 spiro atoms. The fraction of sp³-hybridized carbons (Fsp3) is 0.639. The van der Waals surface area contributed by atoms with Crippen LogP contribution in [0.15, 0.2) is 36.9 Å². The smallest absolute Gasteiger partial charge is 0.289 e. The second kappa shape index (κ2) is 16.9. The number of nitrogens with one attached hydrogen (secondary N) is 3. The molecular weight excluding hydrogens is 600 g/mol. The molecule has 1 aliphatic carbocycles. The lowest BCUT2D eigenvalue weighted by Gasteiger charge is -2.35. The van der Waals surface area contributed by atoms with Gasteiger partial charge in [-0.2, -0.15) is 0 Å². The number of Topliss-reactive ketones (excluding diaryl/α,β-unsaturated/α-hetero) is 1. The molecule has 1 saturated carbocycles. The van der Waals surface area contributed by atoms with Crippen molar-refractivity contribution in [3.05, 3.63) is 42.5 Å². The first-order valence-corrected chi connectivity index (χ1v) is 17.2. The normalized spacial score (nSPS) is 24.7.